The highest BCUT2D eigenvalue weighted by atomic mass is 127. The molecule has 232 valence electrons. The van der Waals surface area contributed by atoms with Crippen molar-refractivity contribution in [1.82, 2.24) is 9.80 Å². The van der Waals surface area contributed by atoms with Crippen LogP contribution in [0.4, 0.5) is 11.4 Å². The van der Waals surface area contributed by atoms with Gasteiger partial charge in [-0.2, -0.15) is 0 Å². The van der Waals surface area contributed by atoms with Crippen molar-refractivity contribution in [3.63, 3.8) is 0 Å². The Balaban J connectivity index is 1.17. The normalized spacial score (nSPS) is 16.7. The van der Waals surface area contributed by atoms with Crippen LogP contribution in [0.3, 0.4) is 0 Å². The standard InChI is InChI=1S/C30H30I2N4O4S4/c31-19-9-7-11-21(17-19)33-23(37)13-3-1-5-15-35-27(39)25(43-29(35)41)26-28(40)36(30(42)44-26)16-6-2-4-14-24(38)34-22-12-8-10-20(32)18-22/h7-12,17-18H,1-6,13-16H2,(H,33,37)(H,34,38). The first-order valence-electron chi connectivity index (χ1n) is 14.0. The van der Waals surface area contributed by atoms with E-state index < -0.39 is 0 Å². The van der Waals surface area contributed by atoms with Gasteiger partial charge in [-0.25, -0.2) is 0 Å². The minimum Gasteiger partial charge on any atom is -0.326 e. The minimum atomic E-state index is -0.268. The molecule has 0 radical (unpaired) electrons. The van der Waals surface area contributed by atoms with Crippen molar-refractivity contribution in [2.75, 3.05) is 23.7 Å². The van der Waals surface area contributed by atoms with E-state index in [1.165, 1.54) is 9.80 Å². The van der Waals surface area contributed by atoms with E-state index in [1.54, 1.807) is 0 Å². The summed E-state index contributed by atoms with van der Waals surface area (Å²) in [4.78, 5) is 54.6. The number of rotatable bonds is 14. The number of thiocarbonyl (C=S) groups is 2. The van der Waals surface area contributed by atoms with Gasteiger partial charge in [0.15, 0.2) is 0 Å². The van der Waals surface area contributed by atoms with Gasteiger partial charge in [0.2, 0.25) is 11.8 Å². The summed E-state index contributed by atoms with van der Waals surface area (Å²) in [6, 6.07) is 15.3. The van der Waals surface area contributed by atoms with E-state index >= 15 is 0 Å². The van der Waals surface area contributed by atoms with E-state index in [9.17, 15) is 19.2 Å². The number of thioether (sulfide) groups is 2. The number of halogens is 2. The molecule has 0 saturated carbocycles. The smallest absolute Gasteiger partial charge is 0.267 e. The summed E-state index contributed by atoms with van der Waals surface area (Å²) in [6.07, 6.45) is 5.10. The van der Waals surface area contributed by atoms with Gasteiger partial charge in [0, 0.05) is 44.4 Å². The van der Waals surface area contributed by atoms with Crippen LogP contribution in [0.25, 0.3) is 0 Å². The molecule has 0 unspecified atom stereocenters. The first kappa shape index (κ1) is 35.3. The average molecular weight is 893 g/mol. The predicted molar refractivity (Wildman–Crippen MR) is 203 cm³/mol. The molecule has 2 aliphatic heterocycles. The largest absolute Gasteiger partial charge is 0.326 e. The molecule has 2 heterocycles. The topological polar surface area (TPSA) is 98.8 Å². The Morgan fingerprint density at radius 1 is 0.659 bits per heavy atom. The zero-order valence-electron chi connectivity index (χ0n) is 23.6. The third-order valence-electron chi connectivity index (χ3n) is 6.69. The van der Waals surface area contributed by atoms with Crippen molar-refractivity contribution < 1.29 is 19.2 Å². The molecule has 0 aromatic heterocycles. The van der Waals surface area contributed by atoms with Crippen LogP contribution in [0, 0.1) is 7.14 Å². The second-order valence-electron chi connectivity index (χ2n) is 10.0. The van der Waals surface area contributed by atoms with E-state index in [0.29, 0.717) is 70.1 Å². The van der Waals surface area contributed by atoms with Crippen molar-refractivity contribution in [3.05, 3.63) is 65.5 Å². The fourth-order valence-corrected chi connectivity index (χ4v) is 8.36. The van der Waals surface area contributed by atoms with Gasteiger partial charge in [-0.15, -0.1) is 0 Å². The third-order valence-corrected chi connectivity index (χ3v) is 11.1. The van der Waals surface area contributed by atoms with E-state index in [2.05, 4.69) is 55.8 Å². The highest BCUT2D eigenvalue weighted by Crippen LogP contribution is 2.42. The Kier molecular flexibility index (Phi) is 13.9. The average Bonchev–Trinajstić information content (AvgIpc) is 3.41. The second kappa shape index (κ2) is 17.4. The fraction of sp³-hybridized carbons (Fsp3) is 0.333. The quantitative estimate of drug-likeness (QED) is 0.0871. The SMILES string of the molecule is O=C(CCCCCN1C(=O)C(=C2SC(=S)N(CCCCCC(=O)Nc3cccc(I)c3)C2=O)SC1=S)Nc1cccc(I)c1. The van der Waals surface area contributed by atoms with Gasteiger partial charge in [0.25, 0.3) is 11.8 Å². The van der Waals surface area contributed by atoms with Crippen LogP contribution < -0.4 is 10.6 Å². The molecular weight excluding hydrogens is 862 g/mol. The first-order valence-corrected chi connectivity index (χ1v) is 18.7. The molecule has 2 N–H and O–H groups in total. The lowest BCUT2D eigenvalue weighted by molar-refractivity contribution is -0.124. The van der Waals surface area contributed by atoms with Crippen molar-refractivity contribution in [1.29, 1.82) is 0 Å². The van der Waals surface area contributed by atoms with Gasteiger partial charge in [-0.05, 0) is 107 Å². The molecule has 8 nitrogen and oxygen atoms in total. The van der Waals surface area contributed by atoms with Gasteiger partial charge in [-0.1, -0.05) is 72.9 Å². The predicted octanol–water partition coefficient (Wildman–Crippen LogP) is 7.53. The lowest BCUT2D eigenvalue weighted by atomic mass is 10.1. The molecule has 0 bridgehead atoms. The second-order valence-corrected chi connectivity index (χ2v) is 15.8. The lowest BCUT2D eigenvalue weighted by Gasteiger charge is -2.14. The fourth-order valence-electron chi connectivity index (χ4n) is 4.50. The number of nitrogens with one attached hydrogen (secondary N) is 2. The maximum atomic E-state index is 13.2. The Bertz CT molecular complexity index is 1390. The van der Waals surface area contributed by atoms with E-state index in [-0.39, 0.29) is 23.6 Å². The monoisotopic (exact) mass is 892 g/mol. The molecule has 0 spiro atoms. The lowest BCUT2D eigenvalue weighted by Crippen LogP contribution is -2.31. The zero-order chi connectivity index (χ0) is 31.6. The summed E-state index contributed by atoms with van der Waals surface area (Å²) in [6.45, 7) is 0.869. The Morgan fingerprint density at radius 2 is 1.07 bits per heavy atom. The van der Waals surface area contributed by atoms with Gasteiger partial charge in [0.1, 0.15) is 8.64 Å². The Hall–Kier alpha value is -1.60. The maximum absolute atomic E-state index is 13.2. The van der Waals surface area contributed by atoms with Crippen LogP contribution in [0.15, 0.2) is 58.3 Å². The van der Waals surface area contributed by atoms with Crippen LogP contribution >= 0.6 is 93.1 Å². The number of amides is 4. The molecule has 4 rings (SSSR count). The number of nitrogens with zero attached hydrogens (tertiary/aromatic N) is 2. The maximum Gasteiger partial charge on any atom is 0.267 e. The number of carbonyl (C=O) groups excluding carboxylic acids is 4. The van der Waals surface area contributed by atoms with Gasteiger partial charge >= 0.3 is 0 Å². The first-order chi connectivity index (χ1) is 21.1. The number of unbranched alkanes of at least 4 members (excludes halogenated alkanes) is 4. The summed E-state index contributed by atoms with van der Waals surface area (Å²) in [5.74, 6) is -0.613. The Labute approximate surface area is 303 Å². The number of hydrogen-bond donors (Lipinski definition) is 2. The number of anilines is 2. The summed E-state index contributed by atoms with van der Waals surface area (Å²) >= 11 is 17.6. The third kappa shape index (κ3) is 10.2. The van der Waals surface area contributed by atoms with Crippen LogP contribution in [0.2, 0.25) is 0 Å². The van der Waals surface area contributed by atoms with Crippen molar-refractivity contribution in [2.24, 2.45) is 0 Å². The molecule has 2 saturated heterocycles. The number of carbonyl (C=O) groups is 4. The molecule has 2 aromatic carbocycles. The molecule has 14 heteroatoms. The minimum absolute atomic E-state index is 0.0389. The van der Waals surface area contributed by atoms with Gasteiger partial charge in [0.05, 0.1) is 9.81 Å². The molecule has 2 aromatic rings. The summed E-state index contributed by atoms with van der Waals surface area (Å²) in [5, 5.41) is 5.81. The number of benzene rings is 2. The van der Waals surface area contributed by atoms with Crippen LogP contribution in [-0.2, 0) is 19.2 Å². The van der Waals surface area contributed by atoms with Crippen LogP contribution in [-0.4, -0.2) is 55.2 Å². The highest BCUT2D eigenvalue weighted by molar-refractivity contribution is 14.1. The van der Waals surface area contributed by atoms with E-state index in [1.807, 2.05) is 48.5 Å². The molecular formula is C30H30I2N4O4S4. The summed E-state index contributed by atoms with van der Waals surface area (Å²) < 4.78 is 2.96. The molecule has 2 fully saturated rings. The van der Waals surface area contributed by atoms with Crippen molar-refractivity contribution >= 4 is 137 Å². The van der Waals surface area contributed by atoms with Crippen LogP contribution in [0.1, 0.15) is 51.4 Å². The van der Waals surface area contributed by atoms with Crippen LogP contribution in [0.5, 0.6) is 0 Å². The molecule has 0 atom stereocenters. The number of hydrogen-bond acceptors (Lipinski definition) is 8. The summed E-state index contributed by atoms with van der Waals surface area (Å²) in [7, 11) is 0. The zero-order valence-corrected chi connectivity index (χ0v) is 31.2. The molecule has 2 aliphatic rings. The van der Waals surface area contributed by atoms with Gasteiger partial charge in [-0.3, -0.25) is 29.0 Å². The molecule has 44 heavy (non-hydrogen) atoms. The molecule has 0 aliphatic carbocycles. The highest BCUT2D eigenvalue weighted by Gasteiger charge is 2.41. The van der Waals surface area contributed by atoms with Crippen molar-refractivity contribution in [3.8, 4) is 0 Å². The van der Waals surface area contributed by atoms with E-state index in [4.69, 9.17) is 24.4 Å². The Morgan fingerprint density at radius 3 is 1.45 bits per heavy atom. The van der Waals surface area contributed by atoms with Crippen molar-refractivity contribution in [2.45, 2.75) is 51.4 Å². The van der Waals surface area contributed by atoms with Gasteiger partial charge < -0.3 is 10.6 Å². The summed E-state index contributed by atoms with van der Waals surface area (Å²) in [5.41, 5.74) is 1.56. The molecule has 4 amide bonds. The van der Waals surface area contributed by atoms with E-state index in [0.717, 1.165) is 54.9 Å².